The molecular formula is C24H19N5O2S. The van der Waals surface area contributed by atoms with Gasteiger partial charge in [0.05, 0.1) is 5.69 Å². The quantitative estimate of drug-likeness (QED) is 0.410. The molecule has 0 atom stereocenters. The van der Waals surface area contributed by atoms with Gasteiger partial charge in [0, 0.05) is 18.1 Å². The van der Waals surface area contributed by atoms with Gasteiger partial charge in [-0.3, -0.25) is 14.7 Å². The van der Waals surface area contributed by atoms with Gasteiger partial charge < -0.3 is 14.5 Å². The van der Waals surface area contributed by atoms with Crippen LogP contribution in [0.3, 0.4) is 0 Å². The molecule has 3 heterocycles. The van der Waals surface area contributed by atoms with Crippen LogP contribution in [0.5, 0.6) is 11.5 Å². The summed E-state index contributed by atoms with van der Waals surface area (Å²) in [5.41, 5.74) is 1.48. The predicted octanol–water partition coefficient (Wildman–Crippen LogP) is 5.19. The van der Waals surface area contributed by atoms with Crippen LogP contribution in [0.1, 0.15) is 24.8 Å². The molecule has 0 N–H and O–H groups in total. The number of carbonyl (C=O) groups excluding carboxylic acids is 1. The van der Waals surface area contributed by atoms with Gasteiger partial charge in [0.1, 0.15) is 23.2 Å². The lowest BCUT2D eigenvalue weighted by atomic mass is 9.75. The second-order valence-corrected chi connectivity index (χ2v) is 8.23. The fourth-order valence-corrected chi connectivity index (χ4v) is 4.67. The molecule has 0 radical (unpaired) electrons. The van der Waals surface area contributed by atoms with Gasteiger partial charge in [-0.2, -0.15) is 0 Å². The van der Waals surface area contributed by atoms with Gasteiger partial charge in [-0.1, -0.05) is 6.57 Å². The number of carbonyl (C=O) groups is 1. The maximum Gasteiger partial charge on any atom is 0.272 e. The first-order valence-corrected chi connectivity index (χ1v) is 10.7. The zero-order chi connectivity index (χ0) is 22.3. The highest BCUT2D eigenvalue weighted by Gasteiger charge is 2.59. The van der Waals surface area contributed by atoms with Gasteiger partial charge in [-0.25, -0.2) is 0 Å². The van der Waals surface area contributed by atoms with E-state index in [9.17, 15) is 4.79 Å². The molecule has 3 aromatic rings. The van der Waals surface area contributed by atoms with Crippen molar-refractivity contribution in [2.45, 2.75) is 31.7 Å². The van der Waals surface area contributed by atoms with Gasteiger partial charge in [-0.05, 0) is 86.4 Å². The summed E-state index contributed by atoms with van der Waals surface area (Å²) in [5.74, 6) is 1.67. The lowest BCUT2D eigenvalue weighted by Gasteiger charge is -2.43. The first-order chi connectivity index (χ1) is 15.5. The van der Waals surface area contributed by atoms with Gasteiger partial charge in [0.15, 0.2) is 5.11 Å². The normalized spacial score (nSPS) is 16.8. The van der Waals surface area contributed by atoms with Crippen molar-refractivity contribution < 1.29 is 9.53 Å². The Morgan fingerprint density at radius 1 is 1.09 bits per heavy atom. The average molecular weight is 442 g/mol. The topological polar surface area (TPSA) is 62.9 Å². The molecule has 2 aromatic heterocycles. The van der Waals surface area contributed by atoms with Gasteiger partial charge in [-0.15, -0.1) is 4.98 Å². The number of amides is 1. The Morgan fingerprint density at radius 3 is 2.38 bits per heavy atom. The molecule has 32 heavy (non-hydrogen) atoms. The van der Waals surface area contributed by atoms with E-state index < -0.39 is 5.54 Å². The second kappa shape index (κ2) is 7.70. The smallest absolute Gasteiger partial charge is 0.272 e. The third kappa shape index (κ3) is 3.10. The Kier molecular flexibility index (Phi) is 4.83. The molecule has 2 aliphatic rings. The van der Waals surface area contributed by atoms with Crippen LogP contribution in [-0.4, -0.2) is 26.5 Å². The maximum absolute atomic E-state index is 13.6. The third-order valence-electron chi connectivity index (χ3n) is 5.97. The summed E-state index contributed by atoms with van der Waals surface area (Å²) in [6.45, 7) is 9.02. The molecule has 7 nitrogen and oxygen atoms in total. The van der Waals surface area contributed by atoms with Crippen LogP contribution < -0.4 is 14.5 Å². The zero-order valence-electron chi connectivity index (χ0n) is 17.4. The molecule has 1 aliphatic heterocycles. The number of thiocarbonyl (C=S) groups is 1. The lowest BCUT2D eigenvalue weighted by Crippen LogP contribution is -2.55. The highest BCUT2D eigenvalue weighted by molar-refractivity contribution is 7.81. The summed E-state index contributed by atoms with van der Waals surface area (Å²) in [6, 6.07) is 13.0. The van der Waals surface area contributed by atoms with Crippen molar-refractivity contribution in [1.29, 1.82) is 0 Å². The summed E-state index contributed by atoms with van der Waals surface area (Å²) in [4.78, 5) is 28.7. The summed E-state index contributed by atoms with van der Waals surface area (Å²) in [6.07, 6.45) is 7.35. The van der Waals surface area contributed by atoms with Crippen LogP contribution in [0.15, 0.2) is 61.1 Å². The lowest BCUT2D eigenvalue weighted by molar-refractivity contribution is -0.123. The summed E-state index contributed by atoms with van der Waals surface area (Å²) < 4.78 is 5.86. The number of pyridine rings is 2. The first kappa shape index (κ1) is 20.1. The number of aromatic nitrogens is 2. The van der Waals surface area contributed by atoms with Crippen LogP contribution in [0, 0.1) is 13.5 Å². The third-order valence-corrected chi connectivity index (χ3v) is 6.34. The van der Waals surface area contributed by atoms with Crippen molar-refractivity contribution in [1.82, 2.24) is 9.97 Å². The van der Waals surface area contributed by atoms with E-state index in [2.05, 4.69) is 14.8 Å². The number of hydrogen-bond acceptors (Lipinski definition) is 5. The van der Waals surface area contributed by atoms with Crippen molar-refractivity contribution in [3.63, 3.8) is 0 Å². The highest BCUT2D eigenvalue weighted by Crippen LogP contribution is 2.48. The molecule has 0 unspecified atom stereocenters. The minimum absolute atomic E-state index is 0.0392. The van der Waals surface area contributed by atoms with Crippen LogP contribution >= 0.6 is 12.2 Å². The minimum atomic E-state index is -0.670. The maximum atomic E-state index is 13.6. The molecule has 8 heteroatoms. The number of aryl methyl sites for hydroxylation is 1. The molecule has 1 amide bonds. The molecule has 2 fully saturated rings. The largest absolute Gasteiger partial charge is 0.457 e. The molecule has 1 saturated heterocycles. The summed E-state index contributed by atoms with van der Waals surface area (Å²) in [5, 5.41) is 0.425. The fraction of sp³-hybridized carbons (Fsp3) is 0.208. The van der Waals surface area contributed by atoms with Crippen LogP contribution in [0.2, 0.25) is 0 Å². The van der Waals surface area contributed by atoms with E-state index >= 15 is 0 Å². The van der Waals surface area contributed by atoms with E-state index in [0.717, 1.165) is 24.9 Å². The van der Waals surface area contributed by atoms with E-state index in [1.165, 1.54) is 0 Å². The molecule has 0 bridgehead atoms. The summed E-state index contributed by atoms with van der Waals surface area (Å²) >= 11 is 5.80. The molecular weight excluding hydrogens is 422 g/mol. The Morgan fingerprint density at radius 2 is 1.78 bits per heavy atom. The van der Waals surface area contributed by atoms with Gasteiger partial charge in [0.2, 0.25) is 0 Å². The Hall–Kier alpha value is -3.83. The molecule has 1 spiro atoms. The van der Waals surface area contributed by atoms with E-state index in [0.29, 0.717) is 33.7 Å². The number of benzene rings is 1. The van der Waals surface area contributed by atoms with Crippen LogP contribution in [0.25, 0.3) is 4.85 Å². The number of rotatable bonds is 4. The van der Waals surface area contributed by atoms with E-state index in [1.54, 1.807) is 41.7 Å². The van der Waals surface area contributed by atoms with Crippen molar-refractivity contribution in [2.24, 2.45) is 0 Å². The SMILES string of the molecule is [C-]#[N+]c1ncc(N2C(=O)C3(CCC3)N(c3ccc(Oc4ccncc4)cc3)C2=S)cc1C. The fourth-order valence-electron chi connectivity index (χ4n) is 4.21. The van der Waals surface area contributed by atoms with Crippen LogP contribution in [-0.2, 0) is 4.79 Å². The van der Waals surface area contributed by atoms with Crippen molar-refractivity contribution >= 4 is 40.4 Å². The monoisotopic (exact) mass is 441 g/mol. The predicted molar refractivity (Wildman–Crippen MR) is 125 cm³/mol. The molecule has 1 aliphatic carbocycles. The Labute approximate surface area is 191 Å². The van der Waals surface area contributed by atoms with Crippen molar-refractivity contribution in [3.05, 3.63) is 78.0 Å². The molecule has 5 rings (SSSR count). The number of ether oxygens (including phenoxy) is 1. The number of anilines is 2. The zero-order valence-corrected chi connectivity index (χ0v) is 18.2. The molecule has 158 valence electrons. The van der Waals surface area contributed by atoms with Crippen molar-refractivity contribution in [3.8, 4) is 11.5 Å². The van der Waals surface area contributed by atoms with Gasteiger partial charge in [0.25, 0.3) is 11.7 Å². The van der Waals surface area contributed by atoms with E-state index in [4.69, 9.17) is 23.5 Å². The second-order valence-electron chi connectivity index (χ2n) is 7.87. The molecule has 1 aromatic carbocycles. The van der Waals surface area contributed by atoms with Crippen molar-refractivity contribution in [2.75, 3.05) is 9.80 Å². The number of nitrogens with zero attached hydrogens (tertiary/aromatic N) is 5. The van der Waals surface area contributed by atoms with E-state index in [1.807, 2.05) is 36.1 Å². The minimum Gasteiger partial charge on any atom is -0.457 e. The van der Waals surface area contributed by atoms with Gasteiger partial charge >= 0.3 is 0 Å². The van der Waals surface area contributed by atoms with Crippen LogP contribution in [0.4, 0.5) is 17.2 Å². The Bertz CT molecular complexity index is 1250. The molecule has 1 saturated carbocycles. The summed E-state index contributed by atoms with van der Waals surface area (Å²) in [7, 11) is 0. The highest BCUT2D eigenvalue weighted by atomic mass is 32.1. The Balaban J connectivity index is 1.47. The first-order valence-electron chi connectivity index (χ1n) is 10.2. The number of hydrogen-bond donors (Lipinski definition) is 0. The van der Waals surface area contributed by atoms with E-state index in [-0.39, 0.29) is 5.91 Å². The average Bonchev–Trinajstić information content (AvgIpc) is 3.02. The standard InChI is InChI=1S/C24H19N5O2S/c1-16-14-18(15-27-21(16)25-2)28-22(30)24(10-3-11-24)29(23(28)32)17-4-6-19(7-5-17)31-20-8-12-26-13-9-20/h4-9,12-15H,3,10-11H2,1H3.